The number of rotatable bonds is 5. The van der Waals surface area contributed by atoms with Gasteiger partial charge in [-0.25, -0.2) is 13.1 Å². The van der Waals surface area contributed by atoms with Crippen LogP contribution < -0.4 is 4.72 Å². The van der Waals surface area contributed by atoms with Gasteiger partial charge in [-0.2, -0.15) is 0 Å². The highest BCUT2D eigenvalue weighted by Crippen LogP contribution is 2.20. The smallest absolute Gasteiger partial charge is 0.250 e. The number of hydrogen-bond acceptors (Lipinski definition) is 5. The third-order valence-electron chi connectivity index (χ3n) is 2.33. The third-order valence-corrected chi connectivity index (χ3v) is 5.28. The van der Waals surface area contributed by atoms with E-state index in [1.165, 1.54) is 11.3 Å². The molecule has 5 nitrogen and oxygen atoms in total. The summed E-state index contributed by atoms with van der Waals surface area (Å²) in [5, 5.41) is 3.80. The molecule has 2 aromatic heterocycles. The Kier molecular flexibility index (Phi) is 3.84. The molecule has 0 aromatic carbocycles. The van der Waals surface area contributed by atoms with Crippen molar-refractivity contribution >= 4 is 21.4 Å². The Morgan fingerprint density at radius 1 is 1.39 bits per heavy atom. The summed E-state index contributed by atoms with van der Waals surface area (Å²) in [6, 6.07) is 5.20. The lowest BCUT2D eigenvalue weighted by atomic mass is 10.3. The van der Waals surface area contributed by atoms with E-state index in [1.54, 1.807) is 25.1 Å². The highest BCUT2D eigenvalue weighted by Gasteiger charge is 2.15. The van der Waals surface area contributed by atoms with Gasteiger partial charge in [0.05, 0.1) is 5.69 Å². The van der Waals surface area contributed by atoms with Crippen LogP contribution >= 0.6 is 11.3 Å². The fourth-order valence-corrected chi connectivity index (χ4v) is 3.84. The molecule has 0 aliphatic rings. The molecule has 0 saturated heterocycles. The lowest BCUT2D eigenvalue weighted by molar-refractivity contribution is 0.390. The van der Waals surface area contributed by atoms with Gasteiger partial charge in [0.15, 0.2) is 0 Å². The van der Waals surface area contributed by atoms with Gasteiger partial charge >= 0.3 is 0 Å². The molecule has 0 radical (unpaired) electrons. The first-order valence-corrected chi connectivity index (χ1v) is 7.75. The van der Waals surface area contributed by atoms with Crippen molar-refractivity contribution in [2.24, 2.45) is 0 Å². The molecule has 0 saturated carbocycles. The molecule has 0 atom stereocenters. The first-order valence-electron chi connectivity index (χ1n) is 5.46. The van der Waals surface area contributed by atoms with Gasteiger partial charge in [0.2, 0.25) is 10.0 Å². The Hall–Kier alpha value is -1.18. The first kappa shape index (κ1) is 13.3. The number of sulfonamides is 1. The molecule has 0 bridgehead atoms. The van der Waals surface area contributed by atoms with Crippen molar-refractivity contribution in [1.29, 1.82) is 0 Å². The van der Waals surface area contributed by atoms with Gasteiger partial charge in [-0.3, -0.25) is 0 Å². The van der Waals surface area contributed by atoms with E-state index in [2.05, 4.69) is 9.88 Å². The second-order valence-corrected chi connectivity index (χ2v) is 7.22. The van der Waals surface area contributed by atoms with Crippen LogP contribution in [0.5, 0.6) is 0 Å². The number of nitrogens with zero attached hydrogens (tertiary/aromatic N) is 1. The standard InChI is InChI=1S/C11H14N2O3S2/c1-8-7-10(13-16-8)5-6-12-18(14,15)11-4-3-9(2)17-11/h3-4,7,12H,5-6H2,1-2H3. The number of aryl methyl sites for hydroxylation is 2. The molecular formula is C11H14N2O3S2. The molecule has 0 spiro atoms. The SMILES string of the molecule is Cc1cc(CCNS(=O)(=O)c2ccc(C)s2)no1. The van der Waals surface area contributed by atoms with Crippen LogP contribution in [0.1, 0.15) is 16.3 Å². The highest BCUT2D eigenvalue weighted by atomic mass is 32.2. The molecule has 0 aliphatic heterocycles. The average molecular weight is 286 g/mol. The van der Waals surface area contributed by atoms with E-state index >= 15 is 0 Å². The average Bonchev–Trinajstić information content (AvgIpc) is 2.88. The minimum Gasteiger partial charge on any atom is -0.361 e. The lowest BCUT2D eigenvalue weighted by Gasteiger charge is -2.02. The summed E-state index contributed by atoms with van der Waals surface area (Å²) in [6.45, 7) is 3.99. The van der Waals surface area contributed by atoms with E-state index in [0.717, 1.165) is 16.3 Å². The molecule has 7 heteroatoms. The first-order chi connectivity index (χ1) is 8.47. The van der Waals surface area contributed by atoms with Gasteiger partial charge < -0.3 is 4.52 Å². The van der Waals surface area contributed by atoms with Crippen LogP contribution in [0, 0.1) is 13.8 Å². The summed E-state index contributed by atoms with van der Waals surface area (Å²) in [4.78, 5) is 0.975. The molecule has 2 rings (SSSR count). The maximum atomic E-state index is 11.9. The quantitative estimate of drug-likeness (QED) is 0.911. The fourth-order valence-electron chi connectivity index (χ4n) is 1.48. The molecule has 2 aromatic rings. The molecule has 98 valence electrons. The summed E-state index contributed by atoms with van der Waals surface area (Å²) in [6.07, 6.45) is 0.515. The van der Waals surface area contributed by atoms with Crippen LogP contribution in [0.25, 0.3) is 0 Å². The van der Waals surface area contributed by atoms with Gasteiger partial charge in [0.1, 0.15) is 9.97 Å². The summed E-state index contributed by atoms with van der Waals surface area (Å²) in [5.74, 6) is 0.724. The third kappa shape index (κ3) is 3.18. The molecular weight excluding hydrogens is 272 g/mol. The zero-order valence-electron chi connectivity index (χ0n) is 10.1. The van der Waals surface area contributed by atoms with Gasteiger partial charge in [0.25, 0.3) is 0 Å². The summed E-state index contributed by atoms with van der Waals surface area (Å²) in [5.41, 5.74) is 0.748. The van der Waals surface area contributed by atoms with E-state index in [0.29, 0.717) is 17.2 Å². The van der Waals surface area contributed by atoms with Crippen molar-refractivity contribution in [3.05, 3.63) is 34.5 Å². The number of nitrogens with one attached hydrogen (secondary N) is 1. The minimum atomic E-state index is -3.39. The van der Waals surface area contributed by atoms with Crippen molar-refractivity contribution < 1.29 is 12.9 Å². The predicted octanol–water partition coefficient (Wildman–Crippen LogP) is 1.87. The maximum Gasteiger partial charge on any atom is 0.250 e. The second-order valence-electron chi connectivity index (χ2n) is 3.94. The van der Waals surface area contributed by atoms with E-state index in [-0.39, 0.29) is 0 Å². The number of thiophene rings is 1. The number of aromatic nitrogens is 1. The Balaban J connectivity index is 1.93. The molecule has 18 heavy (non-hydrogen) atoms. The van der Waals surface area contributed by atoms with Crippen molar-refractivity contribution in [1.82, 2.24) is 9.88 Å². The Bertz CT molecular complexity index is 628. The van der Waals surface area contributed by atoms with Crippen LogP contribution in [0.4, 0.5) is 0 Å². The monoisotopic (exact) mass is 286 g/mol. The van der Waals surface area contributed by atoms with E-state index < -0.39 is 10.0 Å². The van der Waals surface area contributed by atoms with Crippen molar-refractivity contribution in [3.63, 3.8) is 0 Å². The maximum absolute atomic E-state index is 11.9. The predicted molar refractivity (Wildman–Crippen MR) is 69.2 cm³/mol. The van der Waals surface area contributed by atoms with Gasteiger partial charge in [-0.1, -0.05) is 5.16 Å². The summed E-state index contributed by atoms with van der Waals surface area (Å²) < 4.78 is 31.6. The molecule has 2 heterocycles. The van der Waals surface area contributed by atoms with Crippen LogP contribution in [-0.2, 0) is 16.4 Å². The Labute approximate surface area is 110 Å². The largest absolute Gasteiger partial charge is 0.361 e. The molecule has 1 N–H and O–H groups in total. The van der Waals surface area contributed by atoms with Crippen LogP contribution in [-0.4, -0.2) is 20.1 Å². The molecule has 0 amide bonds. The van der Waals surface area contributed by atoms with E-state index in [9.17, 15) is 8.42 Å². The van der Waals surface area contributed by atoms with Gasteiger partial charge in [-0.15, -0.1) is 11.3 Å². The fraction of sp³-hybridized carbons (Fsp3) is 0.364. The van der Waals surface area contributed by atoms with Crippen molar-refractivity contribution in [3.8, 4) is 0 Å². The minimum absolute atomic E-state index is 0.311. The Morgan fingerprint density at radius 2 is 2.17 bits per heavy atom. The van der Waals surface area contributed by atoms with Crippen molar-refractivity contribution in [2.45, 2.75) is 24.5 Å². The highest BCUT2D eigenvalue weighted by molar-refractivity contribution is 7.91. The topological polar surface area (TPSA) is 72.2 Å². The van der Waals surface area contributed by atoms with Crippen LogP contribution in [0.15, 0.2) is 26.9 Å². The van der Waals surface area contributed by atoms with Gasteiger partial charge in [-0.05, 0) is 26.0 Å². The molecule has 0 unspecified atom stereocenters. The summed E-state index contributed by atoms with van der Waals surface area (Å²) >= 11 is 1.26. The van der Waals surface area contributed by atoms with Crippen molar-refractivity contribution in [2.75, 3.05) is 6.54 Å². The zero-order valence-corrected chi connectivity index (χ0v) is 11.8. The molecule has 0 aliphatic carbocycles. The normalized spacial score (nSPS) is 11.9. The Morgan fingerprint density at radius 3 is 2.72 bits per heavy atom. The van der Waals surface area contributed by atoms with E-state index in [4.69, 9.17) is 4.52 Å². The number of hydrogen-bond donors (Lipinski definition) is 1. The van der Waals surface area contributed by atoms with Gasteiger partial charge in [0, 0.05) is 23.9 Å². The zero-order chi connectivity index (χ0) is 13.2. The summed E-state index contributed by atoms with van der Waals surface area (Å²) in [7, 11) is -3.39. The lowest BCUT2D eigenvalue weighted by Crippen LogP contribution is -2.25. The second kappa shape index (κ2) is 5.21. The van der Waals surface area contributed by atoms with Crippen LogP contribution in [0.3, 0.4) is 0 Å². The van der Waals surface area contributed by atoms with Crippen LogP contribution in [0.2, 0.25) is 0 Å². The van der Waals surface area contributed by atoms with E-state index in [1.807, 2.05) is 6.92 Å². The molecule has 0 fully saturated rings.